The summed E-state index contributed by atoms with van der Waals surface area (Å²) in [5.74, 6) is 0. The van der Waals surface area contributed by atoms with Crippen molar-refractivity contribution in [1.82, 2.24) is 5.06 Å². The smallest absolute Gasteiger partial charge is 0.0624 e. The Bertz CT molecular complexity index is 154. The highest BCUT2D eigenvalue weighted by atomic mass is 16.7. The number of hydrogen-bond donors (Lipinski definition) is 1. The predicted molar refractivity (Wildman–Crippen MR) is 46.5 cm³/mol. The van der Waals surface area contributed by atoms with Gasteiger partial charge in [0.15, 0.2) is 0 Å². The highest BCUT2D eigenvalue weighted by Gasteiger charge is 2.38. The molecule has 0 aromatic rings. The Morgan fingerprint density at radius 1 is 1.75 bits per heavy atom. The molecule has 1 rings (SSSR count). The lowest BCUT2D eigenvalue weighted by atomic mass is 9.86. The van der Waals surface area contributed by atoms with E-state index in [-0.39, 0.29) is 11.5 Å². The van der Waals surface area contributed by atoms with Gasteiger partial charge in [-0.15, -0.1) is 0 Å². The normalized spacial score (nSPS) is 36.2. The minimum absolute atomic E-state index is 0.0325. The Kier molecular flexibility index (Phi) is 3.06. The molecule has 2 unspecified atom stereocenters. The average Bonchev–Trinajstić information content (AvgIpc) is 2.32. The van der Waals surface area contributed by atoms with E-state index < -0.39 is 0 Å². The number of hydroxylamine groups is 2. The molecule has 4 heteroatoms. The van der Waals surface area contributed by atoms with Gasteiger partial charge in [-0.05, 0) is 0 Å². The van der Waals surface area contributed by atoms with Crippen molar-refractivity contribution in [2.75, 3.05) is 33.9 Å². The second kappa shape index (κ2) is 3.70. The molecular weight excluding hydrogens is 156 g/mol. The maximum atomic E-state index is 5.91. The first-order valence-electron chi connectivity index (χ1n) is 4.17. The molecule has 0 aromatic carbocycles. The van der Waals surface area contributed by atoms with Crippen molar-refractivity contribution in [2.24, 2.45) is 11.1 Å². The largest absolute Gasteiger partial charge is 0.379 e. The summed E-state index contributed by atoms with van der Waals surface area (Å²) in [6.45, 7) is 4.32. The van der Waals surface area contributed by atoms with Crippen LogP contribution < -0.4 is 5.73 Å². The zero-order valence-electron chi connectivity index (χ0n) is 8.04. The van der Waals surface area contributed by atoms with Crippen LogP contribution in [0.3, 0.4) is 0 Å². The molecule has 0 spiro atoms. The average molecular weight is 174 g/mol. The Labute approximate surface area is 73.6 Å². The second-order valence-corrected chi connectivity index (χ2v) is 3.74. The number of rotatable bonds is 3. The molecule has 4 nitrogen and oxygen atoms in total. The molecular formula is C8H18N2O2. The molecule has 72 valence electrons. The van der Waals surface area contributed by atoms with Crippen molar-refractivity contribution in [3.05, 3.63) is 0 Å². The minimum Gasteiger partial charge on any atom is -0.379 e. The molecule has 0 radical (unpaired) electrons. The molecule has 0 aliphatic carbocycles. The number of nitrogens with zero attached hydrogens (tertiary/aromatic N) is 1. The van der Waals surface area contributed by atoms with Crippen LogP contribution in [-0.4, -0.2) is 45.0 Å². The van der Waals surface area contributed by atoms with E-state index in [4.69, 9.17) is 15.3 Å². The maximum Gasteiger partial charge on any atom is 0.0624 e. The summed E-state index contributed by atoms with van der Waals surface area (Å²) in [6, 6.07) is 0.120. The maximum absolute atomic E-state index is 5.91. The van der Waals surface area contributed by atoms with Crippen LogP contribution in [0.15, 0.2) is 0 Å². The van der Waals surface area contributed by atoms with E-state index in [1.807, 2.05) is 7.05 Å². The molecule has 1 aliphatic rings. The lowest BCUT2D eigenvalue weighted by molar-refractivity contribution is -0.131. The van der Waals surface area contributed by atoms with Crippen LogP contribution in [0, 0.1) is 5.41 Å². The molecule has 0 aromatic heterocycles. The number of nitrogens with two attached hydrogens (primary N) is 1. The van der Waals surface area contributed by atoms with Crippen molar-refractivity contribution in [3.8, 4) is 0 Å². The lowest BCUT2D eigenvalue weighted by Crippen LogP contribution is -2.45. The standard InChI is InChI=1S/C8H18N2O2/c1-8(5-10(2)11-3)6-12-4-7(8)9/h7H,4-6,9H2,1-3H3. The first-order valence-corrected chi connectivity index (χ1v) is 4.17. The minimum atomic E-state index is 0.0325. The molecule has 1 fully saturated rings. The van der Waals surface area contributed by atoms with Gasteiger partial charge >= 0.3 is 0 Å². The summed E-state index contributed by atoms with van der Waals surface area (Å²) in [7, 11) is 3.56. The van der Waals surface area contributed by atoms with Crippen molar-refractivity contribution in [2.45, 2.75) is 13.0 Å². The van der Waals surface area contributed by atoms with Gasteiger partial charge in [0, 0.05) is 25.0 Å². The second-order valence-electron chi connectivity index (χ2n) is 3.74. The van der Waals surface area contributed by atoms with Crippen LogP contribution >= 0.6 is 0 Å². The Balaban J connectivity index is 2.47. The van der Waals surface area contributed by atoms with Gasteiger partial charge in [0.25, 0.3) is 0 Å². The van der Waals surface area contributed by atoms with Crippen molar-refractivity contribution >= 4 is 0 Å². The quantitative estimate of drug-likeness (QED) is 0.604. The van der Waals surface area contributed by atoms with E-state index in [1.54, 1.807) is 12.2 Å². The molecule has 12 heavy (non-hydrogen) atoms. The zero-order chi connectivity index (χ0) is 9.19. The highest BCUT2D eigenvalue weighted by Crippen LogP contribution is 2.27. The first-order chi connectivity index (χ1) is 5.58. The molecule has 1 aliphatic heterocycles. The van der Waals surface area contributed by atoms with Gasteiger partial charge in [-0.2, -0.15) is 5.06 Å². The van der Waals surface area contributed by atoms with E-state index in [2.05, 4.69) is 6.92 Å². The van der Waals surface area contributed by atoms with Crippen LogP contribution in [0.2, 0.25) is 0 Å². The summed E-state index contributed by atoms with van der Waals surface area (Å²) in [4.78, 5) is 5.05. The van der Waals surface area contributed by atoms with Crippen molar-refractivity contribution in [1.29, 1.82) is 0 Å². The number of hydrogen-bond acceptors (Lipinski definition) is 4. The van der Waals surface area contributed by atoms with Gasteiger partial charge in [-0.1, -0.05) is 6.92 Å². The van der Waals surface area contributed by atoms with Crippen LogP contribution in [0.5, 0.6) is 0 Å². The monoisotopic (exact) mass is 174 g/mol. The van der Waals surface area contributed by atoms with Crippen LogP contribution in [0.25, 0.3) is 0 Å². The molecule has 0 bridgehead atoms. The lowest BCUT2D eigenvalue weighted by Gasteiger charge is -2.30. The predicted octanol–water partition coefficient (Wildman–Crippen LogP) is -0.157. The SMILES string of the molecule is CON(C)CC1(C)COCC1N. The number of ether oxygens (including phenoxy) is 1. The zero-order valence-corrected chi connectivity index (χ0v) is 8.04. The third kappa shape index (κ3) is 1.95. The summed E-state index contributed by atoms with van der Waals surface area (Å²) < 4.78 is 5.31. The van der Waals surface area contributed by atoms with E-state index in [0.29, 0.717) is 6.61 Å². The summed E-state index contributed by atoms with van der Waals surface area (Å²) >= 11 is 0. The van der Waals surface area contributed by atoms with Gasteiger partial charge in [0.1, 0.15) is 0 Å². The van der Waals surface area contributed by atoms with Crippen molar-refractivity contribution < 1.29 is 9.57 Å². The fourth-order valence-electron chi connectivity index (χ4n) is 1.46. The van der Waals surface area contributed by atoms with Crippen molar-refractivity contribution in [3.63, 3.8) is 0 Å². The first kappa shape index (κ1) is 9.92. The third-order valence-electron chi connectivity index (χ3n) is 2.52. The Morgan fingerprint density at radius 3 is 2.83 bits per heavy atom. The molecule has 2 atom stereocenters. The third-order valence-corrected chi connectivity index (χ3v) is 2.52. The van der Waals surface area contributed by atoms with Crippen LogP contribution in [0.4, 0.5) is 0 Å². The topological polar surface area (TPSA) is 47.7 Å². The van der Waals surface area contributed by atoms with Crippen LogP contribution in [-0.2, 0) is 9.57 Å². The van der Waals surface area contributed by atoms with E-state index in [9.17, 15) is 0 Å². The summed E-state index contributed by atoms with van der Waals surface area (Å²) in [5.41, 5.74) is 5.94. The summed E-state index contributed by atoms with van der Waals surface area (Å²) in [5, 5.41) is 1.79. The van der Waals surface area contributed by atoms with Gasteiger partial charge in [0.2, 0.25) is 0 Å². The van der Waals surface area contributed by atoms with E-state index in [0.717, 1.165) is 13.2 Å². The Hall–Kier alpha value is -0.160. The molecule has 0 saturated carbocycles. The molecule has 1 heterocycles. The van der Waals surface area contributed by atoms with Gasteiger partial charge in [-0.25, -0.2) is 0 Å². The fourth-order valence-corrected chi connectivity index (χ4v) is 1.46. The summed E-state index contributed by atoms with van der Waals surface area (Å²) in [6.07, 6.45) is 0. The molecule has 2 N–H and O–H groups in total. The molecule has 1 saturated heterocycles. The van der Waals surface area contributed by atoms with Gasteiger partial charge in [-0.3, -0.25) is 0 Å². The van der Waals surface area contributed by atoms with Gasteiger partial charge in [0.05, 0.1) is 20.3 Å². The van der Waals surface area contributed by atoms with Gasteiger partial charge < -0.3 is 15.3 Å². The van der Waals surface area contributed by atoms with Crippen LogP contribution in [0.1, 0.15) is 6.92 Å². The molecule has 0 amide bonds. The highest BCUT2D eigenvalue weighted by molar-refractivity contribution is 4.91. The van der Waals surface area contributed by atoms with E-state index in [1.165, 1.54) is 0 Å². The van der Waals surface area contributed by atoms with E-state index >= 15 is 0 Å². The fraction of sp³-hybridized carbons (Fsp3) is 1.00. The Morgan fingerprint density at radius 2 is 2.42 bits per heavy atom.